The Morgan fingerprint density at radius 3 is 2.05 bits per heavy atom. The van der Waals surface area contributed by atoms with E-state index in [-0.39, 0.29) is 5.56 Å². The monoisotopic (exact) mass is 265 g/mol. The van der Waals surface area contributed by atoms with E-state index >= 15 is 0 Å². The van der Waals surface area contributed by atoms with Crippen LogP contribution in [0.3, 0.4) is 0 Å². The molecule has 0 fully saturated rings. The summed E-state index contributed by atoms with van der Waals surface area (Å²) in [6.45, 7) is 1.69. The molecule has 100 valence electrons. The number of aromatic nitrogens is 1. The van der Waals surface area contributed by atoms with Gasteiger partial charge in [-0.1, -0.05) is 54.6 Å². The fraction of sp³-hybridized carbons (Fsp3) is 0.0588. The van der Waals surface area contributed by atoms with E-state index in [2.05, 4.69) is 4.98 Å². The summed E-state index contributed by atoms with van der Waals surface area (Å²) in [5.74, 6) is -0.959. The van der Waals surface area contributed by atoms with Crippen molar-refractivity contribution in [1.29, 1.82) is 0 Å². The first-order valence-electron chi connectivity index (χ1n) is 6.27. The molecular weight excluding hydrogens is 250 g/mol. The Balaban J connectivity index is 2.57. The maximum Gasteiger partial charge on any atom is 0.337 e. The molecule has 0 amide bonds. The standard InChI is InChI=1S/C17H15NO2/c1-13-16(17(19)20)11-15(12-18-13)14-9-7-5-3-2-4-6-8-10-14/h2-12H,1H3,(H,19,20). The number of carbonyl (C=O) groups is 1. The summed E-state index contributed by atoms with van der Waals surface area (Å²) in [6.07, 6.45) is 1.69. The zero-order valence-corrected chi connectivity index (χ0v) is 11.2. The zero-order chi connectivity index (χ0) is 14.4. The molecular formula is C17H15NO2. The second-order valence-electron chi connectivity index (χ2n) is 4.30. The fourth-order valence-electron chi connectivity index (χ4n) is 1.79. The van der Waals surface area contributed by atoms with Crippen LogP contribution in [0.2, 0.25) is 0 Å². The van der Waals surface area contributed by atoms with Gasteiger partial charge in [-0.2, -0.15) is 0 Å². The molecule has 0 radical (unpaired) electrons. The smallest absolute Gasteiger partial charge is 0.337 e. The molecule has 0 aliphatic rings. The molecule has 20 heavy (non-hydrogen) atoms. The van der Waals surface area contributed by atoms with Crippen LogP contribution in [0.1, 0.15) is 16.1 Å². The molecule has 0 atom stereocenters. The largest absolute Gasteiger partial charge is 0.478 e. The van der Waals surface area contributed by atoms with E-state index in [1.165, 1.54) is 0 Å². The van der Waals surface area contributed by atoms with Crippen molar-refractivity contribution in [3.63, 3.8) is 0 Å². The average molecular weight is 265 g/mol. The van der Waals surface area contributed by atoms with Crippen molar-refractivity contribution in [1.82, 2.24) is 4.98 Å². The summed E-state index contributed by atoms with van der Waals surface area (Å²) < 4.78 is 0. The molecule has 1 N–H and O–H groups in total. The molecule has 0 saturated carbocycles. The van der Waals surface area contributed by atoms with Crippen molar-refractivity contribution >= 4 is 5.97 Å². The van der Waals surface area contributed by atoms with Gasteiger partial charge >= 0.3 is 5.97 Å². The Morgan fingerprint density at radius 2 is 1.50 bits per heavy atom. The van der Waals surface area contributed by atoms with E-state index in [4.69, 9.17) is 5.11 Å². The number of nitrogens with zero attached hydrogens (tertiary/aromatic N) is 1. The van der Waals surface area contributed by atoms with Gasteiger partial charge in [0.05, 0.1) is 11.3 Å². The molecule has 1 aromatic carbocycles. The van der Waals surface area contributed by atoms with Crippen molar-refractivity contribution in [2.24, 2.45) is 0 Å². The van der Waals surface area contributed by atoms with E-state index in [0.29, 0.717) is 5.69 Å². The van der Waals surface area contributed by atoms with Gasteiger partial charge in [0.2, 0.25) is 0 Å². The van der Waals surface area contributed by atoms with Crippen molar-refractivity contribution in [3.8, 4) is 11.1 Å². The van der Waals surface area contributed by atoms with Crippen LogP contribution in [0.5, 0.6) is 0 Å². The van der Waals surface area contributed by atoms with Gasteiger partial charge in [0.25, 0.3) is 0 Å². The van der Waals surface area contributed by atoms with E-state index in [0.717, 1.165) is 11.1 Å². The van der Waals surface area contributed by atoms with Gasteiger partial charge < -0.3 is 5.11 Å². The lowest BCUT2D eigenvalue weighted by Gasteiger charge is -2.04. The van der Waals surface area contributed by atoms with Gasteiger partial charge in [-0.15, -0.1) is 0 Å². The van der Waals surface area contributed by atoms with Crippen LogP contribution in [-0.2, 0) is 0 Å². The summed E-state index contributed by atoms with van der Waals surface area (Å²) in [7, 11) is 0. The lowest BCUT2D eigenvalue weighted by Crippen LogP contribution is -2.01. The summed E-state index contributed by atoms with van der Waals surface area (Å²) >= 11 is 0. The number of pyridine rings is 1. The van der Waals surface area contributed by atoms with Crippen LogP contribution in [0.25, 0.3) is 11.1 Å². The molecule has 3 nitrogen and oxygen atoms in total. The lowest BCUT2D eigenvalue weighted by atomic mass is 10.1. The van der Waals surface area contributed by atoms with Crippen molar-refractivity contribution in [2.75, 3.05) is 0 Å². The van der Waals surface area contributed by atoms with E-state index in [1.54, 1.807) is 19.2 Å². The second kappa shape index (κ2) is 6.48. The van der Waals surface area contributed by atoms with Gasteiger partial charge in [-0.3, -0.25) is 4.98 Å². The Kier molecular flexibility index (Phi) is 4.45. The quantitative estimate of drug-likeness (QED) is 0.896. The van der Waals surface area contributed by atoms with Gasteiger partial charge in [0.15, 0.2) is 0 Å². The minimum atomic E-state index is -0.959. The van der Waals surface area contributed by atoms with Gasteiger partial charge in [-0.05, 0) is 18.6 Å². The first kappa shape index (κ1) is 13.7. The molecule has 0 aliphatic heterocycles. The van der Waals surface area contributed by atoms with Gasteiger partial charge in [0, 0.05) is 11.8 Å². The summed E-state index contributed by atoms with van der Waals surface area (Å²) in [6, 6.07) is 19.0. The number of rotatable bonds is 2. The Labute approximate surface area is 117 Å². The topological polar surface area (TPSA) is 50.2 Å². The van der Waals surface area contributed by atoms with Crippen molar-refractivity contribution in [2.45, 2.75) is 6.92 Å². The molecule has 0 bridgehead atoms. The van der Waals surface area contributed by atoms with E-state index < -0.39 is 5.97 Å². The highest BCUT2D eigenvalue weighted by Crippen LogP contribution is 2.19. The Hall–Kier alpha value is -2.68. The predicted molar refractivity (Wildman–Crippen MR) is 79.0 cm³/mol. The molecule has 1 heterocycles. The SMILES string of the molecule is Cc1ncc(-c2ccccccccc2)cc1C(=O)O. The van der Waals surface area contributed by atoms with Crippen LogP contribution < -0.4 is 0 Å². The summed E-state index contributed by atoms with van der Waals surface area (Å²) in [4.78, 5) is 15.3. The second-order valence-corrected chi connectivity index (χ2v) is 4.30. The molecule has 2 rings (SSSR count). The Bertz CT molecular complexity index is 654. The minimum absolute atomic E-state index is 0.230. The first-order valence-corrected chi connectivity index (χ1v) is 6.27. The van der Waals surface area contributed by atoms with E-state index in [1.807, 2.05) is 54.6 Å². The van der Waals surface area contributed by atoms with Gasteiger partial charge in [0.1, 0.15) is 0 Å². The van der Waals surface area contributed by atoms with Crippen molar-refractivity contribution in [3.05, 3.63) is 78.1 Å². The number of aryl methyl sites for hydroxylation is 1. The Morgan fingerprint density at radius 1 is 0.950 bits per heavy atom. The average Bonchev–Trinajstić information content (AvgIpc) is 2.45. The molecule has 0 aliphatic carbocycles. The molecule has 3 heteroatoms. The zero-order valence-electron chi connectivity index (χ0n) is 11.2. The molecule has 2 aromatic rings. The van der Waals surface area contributed by atoms with Crippen LogP contribution in [0.4, 0.5) is 0 Å². The fourth-order valence-corrected chi connectivity index (χ4v) is 1.79. The van der Waals surface area contributed by atoms with Crippen LogP contribution in [-0.4, -0.2) is 16.1 Å². The third kappa shape index (κ3) is 3.42. The summed E-state index contributed by atoms with van der Waals surface area (Å²) in [5.41, 5.74) is 2.44. The highest BCUT2D eigenvalue weighted by atomic mass is 16.4. The third-order valence-electron chi connectivity index (χ3n) is 2.87. The third-order valence-corrected chi connectivity index (χ3v) is 2.87. The maximum absolute atomic E-state index is 11.2. The lowest BCUT2D eigenvalue weighted by molar-refractivity contribution is 0.0695. The predicted octanol–water partition coefficient (Wildman–Crippen LogP) is 3.88. The molecule has 1 aromatic heterocycles. The van der Waals surface area contributed by atoms with Crippen molar-refractivity contribution < 1.29 is 9.90 Å². The highest BCUT2D eigenvalue weighted by Gasteiger charge is 2.09. The molecule has 0 spiro atoms. The van der Waals surface area contributed by atoms with Gasteiger partial charge in [-0.25, -0.2) is 4.79 Å². The maximum atomic E-state index is 11.2. The normalized spacial score (nSPS) is 9.65. The molecule has 0 unspecified atom stereocenters. The van der Waals surface area contributed by atoms with Crippen LogP contribution in [0, 0.1) is 6.92 Å². The van der Waals surface area contributed by atoms with E-state index in [9.17, 15) is 4.79 Å². The number of hydrogen-bond acceptors (Lipinski definition) is 2. The highest BCUT2D eigenvalue weighted by molar-refractivity contribution is 5.90. The number of aromatic carboxylic acids is 1. The first-order chi connectivity index (χ1) is 9.68. The number of carboxylic acids is 1. The van der Waals surface area contributed by atoms with Crippen LogP contribution >= 0.6 is 0 Å². The number of hydrogen-bond donors (Lipinski definition) is 1. The number of carboxylic acid groups (broad SMARTS) is 1. The minimum Gasteiger partial charge on any atom is -0.478 e. The molecule has 0 saturated heterocycles. The summed E-state index contributed by atoms with van der Waals surface area (Å²) in [5, 5.41) is 9.16. The van der Waals surface area contributed by atoms with Crippen LogP contribution in [0.15, 0.2) is 66.9 Å².